The fourth-order valence-corrected chi connectivity index (χ4v) is 3.43. The van der Waals surface area contributed by atoms with Crippen LogP contribution in [0.15, 0.2) is 42.0 Å². The van der Waals surface area contributed by atoms with Crippen LogP contribution in [0.1, 0.15) is 36.3 Å². The monoisotopic (exact) mass is 308 g/mol. The minimum Gasteiger partial charge on any atom is -0.356 e. The Bertz CT molecular complexity index is 729. The summed E-state index contributed by atoms with van der Waals surface area (Å²) in [5.74, 6) is 0.928. The van der Waals surface area contributed by atoms with E-state index in [0.29, 0.717) is 5.56 Å². The van der Waals surface area contributed by atoms with Crippen LogP contribution in [0.5, 0.6) is 0 Å². The maximum Gasteiger partial charge on any atom is 0.207 e. The van der Waals surface area contributed by atoms with Gasteiger partial charge in [-0.05, 0) is 36.8 Å². The SMILES string of the molecule is CN1C2=CC(c3cncc(C#N)c3)CC=C2N(CC2CC2)C1O. The molecule has 5 heteroatoms. The number of fused-ring (bicyclic) bond motifs is 1. The lowest BCUT2D eigenvalue weighted by Crippen LogP contribution is -2.36. The number of likely N-dealkylation sites (N-methyl/N-ethyl adjacent to an activating group) is 1. The second-order valence-corrected chi connectivity index (χ2v) is 6.66. The van der Waals surface area contributed by atoms with Gasteiger partial charge in [0.05, 0.1) is 17.0 Å². The predicted molar refractivity (Wildman–Crippen MR) is 85.7 cm³/mol. The molecule has 2 unspecified atom stereocenters. The molecule has 2 aliphatic carbocycles. The second kappa shape index (κ2) is 5.39. The summed E-state index contributed by atoms with van der Waals surface area (Å²) in [7, 11) is 1.93. The quantitative estimate of drug-likeness (QED) is 0.927. The molecule has 0 radical (unpaired) electrons. The Morgan fingerprint density at radius 2 is 2.17 bits per heavy atom. The summed E-state index contributed by atoms with van der Waals surface area (Å²) in [6.45, 7) is 0.935. The molecule has 2 fully saturated rings. The maximum atomic E-state index is 10.5. The average molecular weight is 308 g/mol. The minimum atomic E-state index is -0.574. The van der Waals surface area contributed by atoms with E-state index in [9.17, 15) is 5.11 Å². The van der Waals surface area contributed by atoms with Gasteiger partial charge < -0.3 is 14.9 Å². The van der Waals surface area contributed by atoms with Gasteiger partial charge in [-0.3, -0.25) is 4.98 Å². The topological polar surface area (TPSA) is 63.4 Å². The van der Waals surface area contributed by atoms with Crippen molar-refractivity contribution in [3.63, 3.8) is 0 Å². The van der Waals surface area contributed by atoms with Crippen LogP contribution < -0.4 is 0 Å². The smallest absolute Gasteiger partial charge is 0.207 e. The molecule has 2 heterocycles. The van der Waals surface area contributed by atoms with Crippen LogP contribution in [-0.4, -0.2) is 39.8 Å². The van der Waals surface area contributed by atoms with Gasteiger partial charge in [0.1, 0.15) is 6.07 Å². The zero-order valence-corrected chi connectivity index (χ0v) is 13.2. The number of hydrogen-bond acceptors (Lipinski definition) is 5. The van der Waals surface area contributed by atoms with Crippen LogP contribution in [0.4, 0.5) is 0 Å². The van der Waals surface area contributed by atoms with E-state index < -0.39 is 6.35 Å². The Kier molecular flexibility index (Phi) is 3.35. The highest BCUT2D eigenvalue weighted by Crippen LogP contribution is 2.41. The lowest BCUT2D eigenvalue weighted by Gasteiger charge is -2.25. The molecule has 118 valence electrons. The van der Waals surface area contributed by atoms with Gasteiger partial charge in [-0.15, -0.1) is 0 Å². The lowest BCUT2D eigenvalue weighted by molar-refractivity contribution is -0.0354. The molecule has 2 atom stereocenters. The summed E-state index contributed by atoms with van der Waals surface area (Å²) in [4.78, 5) is 8.21. The third kappa shape index (κ3) is 2.49. The fraction of sp³-hybridized carbons (Fsp3) is 0.444. The van der Waals surface area contributed by atoms with Crippen molar-refractivity contribution < 1.29 is 5.11 Å². The van der Waals surface area contributed by atoms with E-state index in [1.165, 1.54) is 12.8 Å². The number of aliphatic hydroxyl groups is 1. The van der Waals surface area contributed by atoms with Crippen LogP contribution in [-0.2, 0) is 0 Å². The van der Waals surface area contributed by atoms with Crippen LogP contribution in [0.3, 0.4) is 0 Å². The Hall–Kier alpha value is -2.32. The van der Waals surface area contributed by atoms with Gasteiger partial charge in [0.25, 0.3) is 0 Å². The van der Waals surface area contributed by atoms with Crippen molar-refractivity contribution in [1.29, 1.82) is 5.26 Å². The molecule has 0 aromatic carbocycles. The van der Waals surface area contributed by atoms with E-state index in [4.69, 9.17) is 5.26 Å². The van der Waals surface area contributed by atoms with Gasteiger partial charge in [0.2, 0.25) is 6.35 Å². The van der Waals surface area contributed by atoms with E-state index in [1.54, 1.807) is 6.20 Å². The van der Waals surface area contributed by atoms with Gasteiger partial charge in [0.15, 0.2) is 0 Å². The zero-order valence-electron chi connectivity index (χ0n) is 13.2. The first-order valence-electron chi connectivity index (χ1n) is 8.12. The molecule has 0 bridgehead atoms. The van der Waals surface area contributed by atoms with E-state index in [1.807, 2.05) is 24.2 Å². The number of aliphatic hydroxyl groups excluding tert-OH is 1. The molecule has 1 aliphatic heterocycles. The van der Waals surface area contributed by atoms with E-state index in [2.05, 4.69) is 28.1 Å². The Balaban J connectivity index is 1.62. The average Bonchev–Trinajstić information content (AvgIpc) is 3.38. The summed E-state index contributed by atoms with van der Waals surface area (Å²) in [6, 6.07) is 4.05. The van der Waals surface area contributed by atoms with Gasteiger partial charge in [-0.25, -0.2) is 0 Å². The van der Waals surface area contributed by atoms with Crippen molar-refractivity contribution >= 4 is 0 Å². The van der Waals surface area contributed by atoms with Crippen molar-refractivity contribution in [2.24, 2.45) is 5.92 Å². The number of rotatable bonds is 3. The Morgan fingerprint density at radius 3 is 2.91 bits per heavy atom. The van der Waals surface area contributed by atoms with Crippen LogP contribution >= 0.6 is 0 Å². The normalized spacial score (nSPS) is 26.5. The predicted octanol–water partition coefficient (Wildman–Crippen LogP) is 2.14. The number of pyridine rings is 1. The molecular weight excluding hydrogens is 288 g/mol. The van der Waals surface area contributed by atoms with Crippen molar-refractivity contribution in [2.45, 2.75) is 31.5 Å². The summed E-state index contributed by atoms with van der Waals surface area (Å²) in [5.41, 5.74) is 3.87. The van der Waals surface area contributed by atoms with Gasteiger partial charge >= 0.3 is 0 Å². The highest BCUT2D eigenvalue weighted by atomic mass is 16.3. The molecule has 1 saturated heterocycles. The van der Waals surface area contributed by atoms with Gasteiger partial charge in [-0.1, -0.05) is 12.2 Å². The van der Waals surface area contributed by atoms with Crippen LogP contribution in [0, 0.1) is 17.2 Å². The first-order valence-corrected chi connectivity index (χ1v) is 8.12. The largest absolute Gasteiger partial charge is 0.356 e. The molecule has 1 aromatic rings. The van der Waals surface area contributed by atoms with Crippen LogP contribution in [0.25, 0.3) is 0 Å². The third-order valence-electron chi connectivity index (χ3n) is 4.97. The lowest BCUT2D eigenvalue weighted by atomic mass is 9.90. The molecule has 5 nitrogen and oxygen atoms in total. The third-order valence-corrected chi connectivity index (χ3v) is 4.97. The molecule has 3 aliphatic rings. The molecule has 23 heavy (non-hydrogen) atoms. The maximum absolute atomic E-state index is 10.5. The van der Waals surface area contributed by atoms with E-state index in [-0.39, 0.29) is 5.92 Å². The van der Waals surface area contributed by atoms with Gasteiger partial charge in [-0.2, -0.15) is 5.26 Å². The summed E-state index contributed by atoms with van der Waals surface area (Å²) < 4.78 is 0. The molecule has 1 aromatic heterocycles. The van der Waals surface area contributed by atoms with Crippen molar-refractivity contribution in [3.8, 4) is 6.07 Å². The summed E-state index contributed by atoms with van der Waals surface area (Å²) >= 11 is 0. The van der Waals surface area contributed by atoms with E-state index >= 15 is 0 Å². The molecule has 1 N–H and O–H groups in total. The summed E-state index contributed by atoms with van der Waals surface area (Å²) in [6.07, 6.45) is 10.7. The first kappa shape index (κ1) is 14.3. The van der Waals surface area contributed by atoms with E-state index in [0.717, 1.165) is 35.8 Å². The van der Waals surface area contributed by atoms with Crippen molar-refractivity contribution in [3.05, 3.63) is 53.1 Å². The number of nitrogens with zero attached hydrogens (tertiary/aromatic N) is 4. The van der Waals surface area contributed by atoms with Gasteiger partial charge in [0, 0.05) is 31.9 Å². The molecular formula is C18H20N4O. The summed E-state index contributed by atoms with van der Waals surface area (Å²) in [5, 5.41) is 19.6. The molecule has 4 rings (SSSR count). The minimum absolute atomic E-state index is 0.199. The molecule has 1 saturated carbocycles. The zero-order chi connectivity index (χ0) is 16.0. The Labute approximate surface area is 136 Å². The number of allylic oxidation sites excluding steroid dienone is 2. The van der Waals surface area contributed by atoms with Crippen molar-refractivity contribution in [2.75, 3.05) is 13.6 Å². The number of nitriles is 1. The fourth-order valence-electron chi connectivity index (χ4n) is 3.43. The molecule has 0 spiro atoms. The van der Waals surface area contributed by atoms with Crippen molar-refractivity contribution in [1.82, 2.24) is 14.8 Å². The highest BCUT2D eigenvalue weighted by molar-refractivity contribution is 5.42. The van der Waals surface area contributed by atoms with Crippen LogP contribution in [0.2, 0.25) is 0 Å². The second-order valence-electron chi connectivity index (χ2n) is 6.66. The molecule has 0 amide bonds. The standard InChI is InChI=1S/C18H20N4O/c1-21-17-7-14(15-6-13(8-19)9-20-10-15)4-5-16(17)22(18(21)23)11-12-2-3-12/h5-7,9-10,12,14,18,23H,2-4,11H2,1H3. The number of aromatic nitrogens is 1. The number of hydrogen-bond donors (Lipinski definition) is 1. The highest BCUT2D eigenvalue weighted by Gasteiger charge is 2.39. The Morgan fingerprint density at radius 1 is 1.35 bits per heavy atom. The first-order chi connectivity index (χ1) is 11.2.